The van der Waals surface area contributed by atoms with Crippen molar-refractivity contribution in [1.82, 2.24) is 0 Å². The smallest absolute Gasteiger partial charge is 2.00 e. The summed E-state index contributed by atoms with van der Waals surface area (Å²) in [5.41, 5.74) is 0. The van der Waals surface area contributed by atoms with Crippen molar-refractivity contribution >= 4 is 0 Å². The number of hydrogen-bond donors (Lipinski definition) is 0. The van der Waals surface area contributed by atoms with Gasteiger partial charge >= 0.3 is 38.1 Å². The van der Waals surface area contributed by atoms with Gasteiger partial charge in [-0.25, -0.2) is 0 Å². The summed E-state index contributed by atoms with van der Waals surface area (Å²) >= 11 is 0. The average molecular weight is 287 g/mol. The van der Waals surface area contributed by atoms with Gasteiger partial charge in [-0.05, 0) is 0 Å². The van der Waals surface area contributed by atoms with E-state index in [2.05, 4.69) is 0 Å². The summed E-state index contributed by atoms with van der Waals surface area (Å²) in [7, 11) is 0. The van der Waals surface area contributed by atoms with Crippen LogP contribution in [0.25, 0.3) is 0 Å². The Morgan fingerprint density at radius 3 is 0.600 bits per heavy atom. The molecule has 0 rings (SSSR count). The fraction of sp³-hybridized carbons (Fsp3) is 0. The Morgan fingerprint density at radius 2 is 0.600 bits per heavy atom. The molecule has 0 aliphatic rings. The summed E-state index contributed by atoms with van der Waals surface area (Å²) in [6.45, 7) is 0. The van der Waals surface area contributed by atoms with Crippen LogP contribution in [0, 0.1) is 0 Å². The molecular weight excluding hydrogens is 287 g/mol. The van der Waals surface area contributed by atoms with Crippen molar-refractivity contribution in [3.05, 3.63) is 0 Å². The van der Waals surface area contributed by atoms with Gasteiger partial charge in [0.2, 0.25) is 0 Å². The minimum Gasteiger partial charge on any atom is -2.00 e. The predicted molar refractivity (Wildman–Crippen MR) is 2.06 cm³/mol. The van der Waals surface area contributed by atoms with Crippen LogP contribution >= 0.6 is 0 Å². The van der Waals surface area contributed by atoms with Gasteiger partial charge in [0, 0.05) is 0 Å². The Kier molecular flexibility index (Phi) is 1910. The second-order valence-corrected chi connectivity index (χ2v) is 0. The first-order valence-electron chi connectivity index (χ1n) is 0. The number of hydrogen-bond acceptors (Lipinski definition) is 0. The van der Waals surface area contributed by atoms with Crippen molar-refractivity contribution < 1.29 is 54.6 Å². The molecule has 0 aliphatic carbocycles. The molecule has 31 valence electrons. The fourth-order valence-corrected chi connectivity index (χ4v) is 0. The van der Waals surface area contributed by atoms with Gasteiger partial charge in [-0.15, -0.1) is 0 Å². The molecule has 0 N–H and O–H groups in total. The van der Waals surface area contributed by atoms with Gasteiger partial charge in [0.25, 0.3) is 0 Å². The maximum absolute atomic E-state index is 0. The standard InChI is InChI=1S/Mn.3O.W/q+2;3*-2;+4. The van der Waals surface area contributed by atoms with E-state index in [1.807, 2.05) is 0 Å². The first kappa shape index (κ1) is 133. The third-order valence-corrected chi connectivity index (χ3v) is 0. The van der Waals surface area contributed by atoms with Crippen molar-refractivity contribution in [3.8, 4) is 0 Å². The molecule has 0 fully saturated rings. The topological polar surface area (TPSA) is 85.5 Å². The molecular formula is MnO3W. The molecule has 0 saturated carbocycles. The van der Waals surface area contributed by atoms with Crippen molar-refractivity contribution in [2.45, 2.75) is 0 Å². The van der Waals surface area contributed by atoms with Crippen molar-refractivity contribution in [1.29, 1.82) is 0 Å². The van der Waals surface area contributed by atoms with E-state index in [-0.39, 0.29) is 54.6 Å². The molecule has 5 heteroatoms. The van der Waals surface area contributed by atoms with Crippen LogP contribution in [0.15, 0.2) is 0 Å². The van der Waals surface area contributed by atoms with Crippen molar-refractivity contribution in [2.24, 2.45) is 0 Å². The van der Waals surface area contributed by atoms with Gasteiger partial charge in [0.05, 0.1) is 0 Å². The molecule has 3 nitrogen and oxygen atoms in total. The van der Waals surface area contributed by atoms with Gasteiger partial charge < -0.3 is 16.4 Å². The molecule has 0 aliphatic heterocycles. The van der Waals surface area contributed by atoms with Crippen LogP contribution in [-0.2, 0) is 54.6 Å². The summed E-state index contributed by atoms with van der Waals surface area (Å²) < 4.78 is 0. The average Bonchev–Trinajstić information content (AvgIpc) is 0. The summed E-state index contributed by atoms with van der Waals surface area (Å²) in [6, 6.07) is 0. The Hall–Kier alpha value is 1.09. The van der Waals surface area contributed by atoms with Crippen LogP contribution in [0.4, 0.5) is 0 Å². The zero-order valence-electron chi connectivity index (χ0n) is 2.01. The van der Waals surface area contributed by atoms with Crippen LogP contribution in [0.5, 0.6) is 0 Å². The normalized spacial score (nSPS) is 0. The van der Waals surface area contributed by atoms with Gasteiger partial charge in [-0.1, -0.05) is 0 Å². The zero-order chi connectivity index (χ0) is 0. The van der Waals surface area contributed by atoms with Crippen LogP contribution in [0.1, 0.15) is 0 Å². The molecule has 0 unspecified atom stereocenters. The van der Waals surface area contributed by atoms with Crippen molar-refractivity contribution in [3.63, 3.8) is 0 Å². The van der Waals surface area contributed by atoms with E-state index in [1.165, 1.54) is 0 Å². The van der Waals surface area contributed by atoms with Crippen LogP contribution in [0.3, 0.4) is 0 Å². The summed E-state index contributed by atoms with van der Waals surface area (Å²) in [4.78, 5) is 0. The summed E-state index contributed by atoms with van der Waals surface area (Å²) in [5, 5.41) is 0. The van der Waals surface area contributed by atoms with E-state index in [4.69, 9.17) is 0 Å². The molecule has 0 atom stereocenters. The Balaban J connectivity index is 0. The van der Waals surface area contributed by atoms with Crippen LogP contribution < -0.4 is 0 Å². The molecule has 0 saturated heterocycles. The monoisotopic (exact) mass is 287 g/mol. The molecule has 0 heterocycles. The van der Waals surface area contributed by atoms with Crippen molar-refractivity contribution in [2.75, 3.05) is 0 Å². The third kappa shape index (κ3) is 41.0. The Labute approximate surface area is 54.8 Å². The summed E-state index contributed by atoms with van der Waals surface area (Å²) in [6.07, 6.45) is 0. The SMILES string of the molecule is [Mn+2].[O-2].[O-2].[O-2].[W+4]. The molecule has 1 radical (unpaired) electrons. The molecule has 0 aromatic heterocycles. The zero-order valence-corrected chi connectivity index (χ0v) is 6.12. The summed E-state index contributed by atoms with van der Waals surface area (Å²) in [5.74, 6) is 0. The first-order valence-corrected chi connectivity index (χ1v) is 0. The molecule has 0 bridgehead atoms. The van der Waals surface area contributed by atoms with Gasteiger partial charge in [0.15, 0.2) is 0 Å². The van der Waals surface area contributed by atoms with E-state index in [0.29, 0.717) is 0 Å². The predicted octanol–water partition coefficient (Wildman–Crippen LogP) is -0.361. The Bertz CT molecular complexity index is 6.85. The van der Waals surface area contributed by atoms with E-state index in [1.54, 1.807) is 0 Å². The van der Waals surface area contributed by atoms with Gasteiger partial charge in [-0.3, -0.25) is 0 Å². The van der Waals surface area contributed by atoms with E-state index >= 15 is 0 Å². The van der Waals surface area contributed by atoms with Gasteiger partial charge in [-0.2, -0.15) is 0 Å². The quantitative estimate of drug-likeness (QED) is 0.545. The largest absolute Gasteiger partial charge is 4.00 e. The van der Waals surface area contributed by atoms with E-state index < -0.39 is 0 Å². The molecule has 0 aromatic carbocycles. The Morgan fingerprint density at radius 1 is 0.600 bits per heavy atom. The van der Waals surface area contributed by atoms with E-state index in [9.17, 15) is 0 Å². The number of rotatable bonds is 0. The first-order chi connectivity index (χ1) is 0. The third-order valence-electron chi connectivity index (χ3n) is 0. The molecule has 0 spiro atoms. The maximum atomic E-state index is 0. The second-order valence-electron chi connectivity index (χ2n) is 0. The van der Waals surface area contributed by atoms with Crippen LogP contribution in [0.2, 0.25) is 0 Å². The fourth-order valence-electron chi connectivity index (χ4n) is 0. The molecule has 0 aromatic rings. The molecule has 5 heavy (non-hydrogen) atoms. The minimum atomic E-state index is 0. The van der Waals surface area contributed by atoms with Gasteiger partial charge in [0.1, 0.15) is 0 Å². The maximum Gasteiger partial charge on any atom is 4.00 e. The van der Waals surface area contributed by atoms with Crippen LogP contribution in [-0.4, -0.2) is 0 Å². The second kappa shape index (κ2) is 71.8. The minimum absolute atomic E-state index is 0. The molecule has 0 amide bonds. The van der Waals surface area contributed by atoms with E-state index in [0.717, 1.165) is 0 Å².